The fraction of sp³-hybridized carbons (Fsp3) is 0.250. The first-order chi connectivity index (χ1) is 10.1. The SMILES string of the molecule is O=C(NCC1CC1c1ccccc1)c1cc(Cl)nc(Cl)c1. The van der Waals surface area contributed by atoms with E-state index >= 15 is 0 Å². The lowest BCUT2D eigenvalue weighted by Gasteiger charge is -2.06. The summed E-state index contributed by atoms with van der Waals surface area (Å²) in [6.07, 6.45) is 1.11. The highest BCUT2D eigenvalue weighted by Gasteiger charge is 2.38. The summed E-state index contributed by atoms with van der Waals surface area (Å²) in [7, 11) is 0. The summed E-state index contributed by atoms with van der Waals surface area (Å²) < 4.78 is 0. The lowest BCUT2D eigenvalue weighted by Crippen LogP contribution is -2.26. The van der Waals surface area contributed by atoms with E-state index in [0.29, 0.717) is 23.9 Å². The summed E-state index contributed by atoms with van der Waals surface area (Å²) in [4.78, 5) is 15.9. The Morgan fingerprint density at radius 3 is 2.52 bits per heavy atom. The number of benzene rings is 1. The predicted octanol–water partition coefficient (Wildman–Crippen LogP) is 3.92. The van der Waals surface area contributed by atoms with E-state index in [9.17, 15) is 4.79 Å². The smallest absolute Gasteiger partial charge is 0.251 e. The van der Waals surface area contributed by atoms with Crippen LogP contribution in [0.5, 0.6) is 0 Å². The number of carbonyl (C=O) groups is 1. The first kappa shape index (κ1) is 14.4. The van der Waals surface area contributed by atoms with Crippen LogP contribution in [0.1, 0.15) is 28.3 Å². The summed E-state index contributed by atoms with van der Waals surface area (Å²) >= 11 is 11.6. The van der Waals surface area contributed by atoms with Crippen LogP contribution in [0.2, 0.25) is 10.3 Å². The van der Waals surface area contributed by atoms with E-state index in [-0.39, 0.29) is 16.2 Å². The van der Waals surface area contributed by atoms with Crippen molar-refractivity contribution in [3.8, 4) is 0 Å². The van der Waals surface area contributed by atoms with Crippen molar-refractivity contribution in [1.82, 2.24) is 10.3 Å². The molecular formula is C16H14Cl2N2O. The van der Waals surface area contributed by atoms with E-state index < -0.39 is 0 Å². The standard InChI is InChI=1S/C16H14Cl2N2O/c17-14-7-11(8-15(18)20-14)16(21)19-9-12-6-13(12)10-4-2-1-3-5-10/h1-5,7-8,12-13H,6,9H2,(H,19,21). The van der Waals surface area contributed by atoms with Crippen molar-refractivity contribution in [2.75, 3.05) is 6.54 Å². The fourth-order valence-corrected chi connectivity index (χ4v) is 2.96. The van der Waals surface area contributed by atoms with E-state index in [1.807, 2.05) is 18.2 Å². The van der Waals surface area contributed by atoms with Crippen LogP contribution in [0.4, 0.5) is 0 Å². The van der Waals surface area contributed by atoms with E-state index in [4.69, 9.17) is 23.2 Å². The molecule has 5 heteroatoms. The number of halogens is 2. The van der Waals surface area contributed by atoms with Crippen molar-refractivity contribution in [3.05, 3.63) is 63.9 Å². The Morgan fingerprint density at radius 1 is 1.19 bits per heavy atom. The molecule has 3 rings (SSSR count). The Labute approximate surface area is 133 Å². The van der Waals surface area contributed by atoms with E-state index in [0.717, 1.165) is 6.42 Å². The molecule has 1 fully saturated rings. The molecule has 1 aliphatic carbocycles. The zero-order valence-corrected chi connectivity index (χ0v) is 12.7. The topological polar surface area (TPSA) is 42.0 Å². The molecule has 2 unspecified atom stereocenters. The normalized spacial score (nSPS) is 20.1. The van der Waals surface area contributed by atoms with Gasteiger partial charge in [-0.05, 0) is 36.0 Å². The van der Waals surface area contributed by atoms with Crippen LogP contribution in [0.3, 0.4) is 0 Å². The zero-order valence-electron chi connectivity index (χ0n) is 11.2. The van der Waals surface area contributed by atoms with Crippen molar-refractivity contribution in [3.63, 3.8) is 0 Å². The quantitative estimate of drug-likeness (QED) is 0.867. The molecule has 1 aromatic heterocycles. The fourth-order valence-electron chi connectivity index (χ4n) is 2.50. The second kappa shape index (κ2) is 6.04. The van der Waals surface area contributed by atoms with Crippen molar-refractivity contribution >= 4 is 29.1 Å². The Bertz CT molecular complexity index is 640. The Morgan fingerprint density at radius 2 is 1.86 bits per heavy atom. The maximum Gasteiger partial charge on any atom is 0.251 e. The van der Waals surface area contributed by atoms with Crippen LogP contribution in [-0.2, 0) is 0 Å². The number of pyridine rings is 1. The number of carbonyl (C=O) groups excluding carboxylic acids is 1. The van der Waals surface area contributed by atoms with Crippen molar-refractivity contribution in [1.29, 1.82) is 0 Å². The number of nitrogens with zero attached hydrogens (tertiary/aromatic N) is 1. The molecule has 1 heterocycles. The molecule has 0 saturated heterocycles. The predicted molar refractivity (Wildman–Crippen MR) is 83.9 cm³/mol. The van der Waals surface area contributed by atoms with Gasteiger partial charge in [0.1, 0.15) is 10.3 Å². The van der Waals surface area contributed by atoms with Gasteiger partial charge in [-0.15, -0.1) is 0 Å². The number of amides is 1. The van der Waals surface area contributed by atoms with Gasteiger partial charge in [-0.2, -0.15) is 0 Å². The zero-order chi connectivity index (χ0) is 14.8. The Hall–Kier alpha value is -1.58. The molecule has 2 aromatic rings. The molecule has 1 aromatic carbocycles. The third-order valence-electron chi connectivity index (χ3n) is 3.70. The first-order valence-electron chi connectivity index (χ1n) is 6.79. The van der Waals surface area contributed by atoms with Gasteiger partial charge in [0.25, 0.3) is 5.91 Å². The van der Waals surface area contributed by atoms with Gasteiger partial charge >= 0.3 is 0 Å². The van der Waals surface area contributed by atoms with Crippen LogP contribution < -0.4 is 5.32 Å². The third kappa shape index (κ3) is 3.55. The minimum atomic E-state index is -0.167. The highest BCUT2D eigenvalue weighted by molar-refractivity contribution is 6.33. The molecule has 1 N–H and O–H groups in total. The van der Waals surface area contributed by atoms with Crippen molar-refractivity contribution in [2.24, 2.45) is 5.92 Å². The van der Waals surface area contributed by atoms with Gasteiger partial charge < -0.3 is 5.32 Å². The molecule has 21 heavy (non-hydrogen) atoms. The molecule has 1 aliphatic rings. The number of hydrogen-bond donors (Lipinski definition) is 1. The van der Waals surface area contributed by atoms with Gasteiger partial charge in [0.05, 0.1) is 0 Å². The number of aromatic nitrogens is 1. The molecule has 0 radical (unpaired) electrons. The summed E-state index contributed by atoms with van der Waals surface area (Å²) in [5, 5.41) is 3.38. The van der Waals surface area contributed by atoms with Crippen molar-refractivity contribution in [2.45, 2.75) is 12.3 Å². The molecule has 0 spiro atoms. The molecule has 0 aliphatic heterocycles. The number of nitrogens with one attached hydrogen (secondary N) is 1. The Balaban J connectivity index is 1.56. The molecule has 108 valence electrons. The molecule has 0 bridgehead atoms. The highest BCUT2D eigenvalue weighted by atomic mass is 35.5. The summed E-state index contributed by atoms with van der Waals surface area (Å²) in [5.74, 6) is 0.889. The Kier molecular flexibility index (Phi) is 4.13. The largest absolute Gasteiger partial charge is 0.352 e. The number of hydrogen-bond acceptors (Lipinski definition) is 2. The molecule has 1 saturated carbocycles. The van der Waals surface area contributed by atoms with Crippen LogP contribution in [0.25, 0.3) is 0 Å². The van der Waals surface area contributed by atoms with Crippen LogP contribution in [0, 0.1) is 5.92 Å². The van der Waals surface area contributed by atoms with Crippen LogP contribution in [-0.4, -0.2) is 17.4 Å². The van der Waals surface area contributed by atoms with Crippen LogP contribution in [0.15, 0.2) is 42.5 Å². The van der Waals surface area contributed by atoms with Gasteiger partial charge in [-0.25, -0.2) is 4.98 Å². The maximum absolute atomic E-state index is 12.1. The minimum absolute atomic E-state index is 0.167. The summed E-state index contributed by atoms with van der Waals surface area (Å²) in [6.45, 7) is 0.663. The van der Waals surface area contributed by atoms with Gasteiger partial charge in [0.15, 0.2) is 0 Å². The van der Waals surface area contributed by atoms with Gasteiger partial charge in [-0.3, -0.25) is 4.79 Å². The monoisotopic (exact) mass is 320 g/mol. The number of rotatable bonds is 4. The van der Waals surface area contributed by atoms with E-state index in [1.165, 1.54) is 17.7 Å². The average Bonchev–Trinajstić information content (AvgIpc) is 3.24. The highest BCUT2D eigenvalue weighted by Crippen LogP contribution is 2.46. The summed E-state index contributed by atoms with van der Waals surface area (Å²) in [5.41, 5.74) is 1.78. The molecular weight excluding hydrogens is 307 g/mol. The van der Waals surface area contributed by atoms with E-state index in [2.05, 4.69) is 22.4 Å². The van der Waals surface area contributed by atoms with Gasteiger partial charge in [0, 0.05) is 12.1 Å². The maximum atomic E-state index is 12.1. The first-order valence-corrected chi connectivity index (χ1v) is 7.55. The molecule has 3 nitrogen and oxygen atoms in total. The minimum Gasteiger partial charge on any atom is -0.352 e. The average molecular weight is 321 g/mol. The molecule has 1 amide bonds. The van der Waals surface area contributed by atoms with Crippen molar-refractivity contribution < 1.29 is 4.79 Å². The second-order valence-electron chi connectivity index (χ2n) is 5.22. The van der Waals surface area contributed by atoms with Gasteiger partial charge in [0.2, 0.25) is 0 Å². The lowest BCUT2D eigenvalue weighted by molar-refractivity contribution is 0.0951. The molecule has 2 atom stereocenters. The lowest BCUT2D eigenvalue weighted by atomic mass is 10.1. The summed E-state index contributed by atoms with van der Waals surface area (Å²) in [6, 6.07) is 13.4. The third-order valence-corrected chi connectivity index (χ3v) is 4.09. The van der Waals surface area contributed by atoms with Crippen LogP contribution >= 0.6 is 23.2 Å². The second-order valence-corrected chi connectivity index (χ2v) is 6.00. The van der Waals surface area contributed by atoms with E-state index in [1.54, 1.807) is 0 Å². The van der Waals surface area contributed by atoms with Gasteiger partial charge in [-0.1, -0.05) is 53.5 Å².